The lowest BCUT2D eigenvalue weighted by Gasteiger charge is -2.19. The Labute approximate surface area is 111 Å². The first kappa shape index (κ1) is 15.2. The molecule has 0 spiro atoms. The van der Waals surface area contributed by atoms with Crippen LogP contribution in [-0.4, -0.2) is 18.3 Å². The van der Waals surface area contributed by atoms with Crippen molar-refractivity contribution in [1.29, 1.82) is 0 Å². The Kier molecular flexibility index (Phi) is 5.83. The quantitative estimate of drug-likeness (QED) is 0.812. The Morgan fingerprint density at radius 2 is 1.78 bits per heavy atom. The molecule has 1 unspecified atom stereocenters. The second-order valence-corrected chi connectivity index (χ2v) is 5.61. The molecule has 1 aromatic carbocycles. The molecule has 2 N–H and O–H groups in total. The van der Waals surface area contributed by atoms with E-state index in [2.05, 4.69) is 52.1 Å². The SMILES string of the molecule is Cc1ccc(CNCC(CO)C(C)C)c(C)c1C. The summed E-state index contributed by atoms with van der Waals surface area (Å²) in [6.07, 6.45) is 0. The summed E-state index contributed by atoms with van der Waals surface area (Å²) < 4.78 is 0. The first-order chi connectivity index (χ1) is 8.47. The number of hydrogen-bond donors (Lipinski definition) is 2. The van der Waals surface area contributed by atoms with Gasteiger partial charge < -0.3 is 10.4 Å². The van der Waals surface area contributed by atoms with Crippen molar-refractivity contribution in [3.8, 4) is 0 Å². The highest BCUT2D eigenvalue weighted by Crippen LogP contribution is 2.17. The van der Waals surface area contributed by atoms with Crippen molar-refractivity contribution in [2.45, 2.75) is 41.2 Å². The zero-order valence-corrected chi connectivity index (χ0v) is 12.4. The van der Waals surface area contributed by atoms with Crippen molar-refractivity contribution in [1.82, 2.24) is 5.32 Å². The van der Waals surface area contributed by atoms with Gasteiger partial charge in [-0.3, -0.25) is 0 Å². The van der Waals surface area contributed by atoms with E-state index < -0.39 is 0 Å². The van der Waals surface area contributed by atoms with Gasteiger partial charge in [0.05, 0.1) is 0 Å². The maximum atomic E-state index is 9.29. The molecule has 0 aromatic heterocycles. The topological polar surface area (TPSA) is 32.3 Å². The van der Waals surface area contributed by atoms with Gasteiger partial charge in [-0.05, 0) is 54.9 Å². The second-order valence-electron chi connectivity index (χ2n) is 5.61. The summed E-state index contributed by atoms with van der Waals surface area (Å²) in [5.74, 6) is 0.861. The van der Waals surface area contributed by atoms with Gasteiger partial charge in [-0.25, -0.2) is 0 Å². The number of aliphatic hydroxyl groups excluding tert-OH is 1. The van der Waals surface area contributed by atoms with Crippen LogP contribution in [0.5, 0.6) is 0 Å². The molecule has 0 aliphatic rings. The molecule has 1 atom stereocenters. The average molecular weight is 249 g/mol. The maximum absolute atomic E-state index is 9.29. The number of aliphatic hydroxyl groups is 1. The van der Waals surface area contributed by atoms with E-state index in [0.29, 0.717) is 11.8 Å². The van der Waals surface area contributed by atoms with E-state index in [1.807, 2.05) is 0 Å². The van der Waals surface area contributed by atoms with Gasteiger partial charge in [0, 0.05) is 19.7 Å². The number of nitrogens with one attached hydrogen (secondary N) is 1. The van der Waals surface area contributed by atoms with Gasteiger partial charge in [-0.1, -0.05) is 26.0 Å². The van der Waals surface area contributed by atoms with Crippen LogP contribution in [0.2, 0.25) is 0 Å². The summed E-state index contributed by atoms with van der Waals surface area (Å²) in [7, 11) is 0. The van der Waals surface area contributed by atoms with Gasteiger partial charge in [0.15, 0.2) is 0 Å². The van der Waals surface area contributed by atoms with Crippen molar-refractivity contribution in [3.05, 3.63) is 34.4 Å². The van der Waals surface area contributed by atoms with Crippen LogP contribution in [0.1, 0.15) is 36.1 Å². The van der Waals surface area contributed by atoms with Crippen molar-refractivity contribution in [2.75, 3.05) is 13.2 Å². The van der Waals surface area contributed by atoms with Gasteiger partial charge in [-0.2, -0.15) is 0 Å². The van der Waals surface area contributed by atoms with E-state index in [1.165, 1.54) is 22.3 Å². The van der Waals surface area contributed by atoms with Crippen LogP contribution in [0.3, 0.4) is 0 Å². The molecule has 0 aliphatic heterocycles. The lowest BCUT2D eigenvalue weighted by molar-refractivity contribution is 0.186. The number of rotatable bonds is 6. The molecule has 2 heteroatoms. The third-order valence-electron chi connectivity index (χ3n) is 4.07. The maximum Gasteiger partial charge on any atom is 0.0473 e. The van der Waals surface area contributed by atoms with Crippen molar-refractivity contribution in [3.63, 3.8) is 0 Å². The zero-order chi connectivity index (χ0) is 13.7. The minimum atomic E-state index is 0.260. The Morgan fingerprint density at radius 3 is 2.33 bits per heavy atom. The molecule has 1 aromatic rings. The first-order valence-electron chi connectivity index (χ1n) is 6.84. The van der Waals surface area contributed by atoms with Crippen LogP contribution in [-0.2, 0) is 6.54 Å². The normalized spacial score (nSPS) is 13.1. The number of hydrogen-bond acceptors (Lipinski definition) is 2. The molecule has 0 bridgehead atoms. The van der Waals surface area contributed by atoms with E-state index >= 15 is 0 Å². The molecule has 0 heterocycles. The van der Waals surface area contributed by atoms with Gasteiger partial charge in [0.25, 0.3) is 0 Å². The van der Waals surface area contributed by atoms with E-state index in [0.717, 1.165) is 13.1 Å². The Bertz CT molecular complexity index is 385. The molecule has 1 rings (SSSR count). The molecule has 0 aliphatic carbocycles. The number of aryl methyl sites for hydroxylation is 1. The Hall–Kier alpha value is -0.860. The standard InChI is InChI=1S/C16H27NO/c1-11(2)16(10-18)9-17-8-15-7-6-12(3)13(4)14(15)5/h6-7,11,16-18H,8-10H2,1-5H3. The monoisotopic (exact) mass is 249 g/mol. The average Bonchev–Trinajstić information content (AvgIpc) is 2.33. The van der Waals surface area contributed by atoms with Crippen LogP contribution in [0.15, 0.2) is 12.1 Å². The molecular formula is C16H27NO. The highest BCUT2D eigenvalue weighted by atomic mass is 16.3. The van der Waals surface area contributed by atoms with Crippen molar-refractivity contribution >= 4 is 0 Å². The van der Waals surface area contributed by atoms with Crippen LogP contribution >= 0.6 is 0 Å². The molecule has 0 fully saturated rings. The fourth-order valence-corrected chi connectivity index (χ4v) is 2.11. The fourth-order valence-electron chi connectivity index (χ4n) is 2.11. The summed E-state index contributed by atoms with van der Waals surface area (Å²) in [4.78, 5) is 0. The predicted molar refractivity (Wildman–Crippen MR) is 77.8 cm³/mol. The predicted octanol–water partition coefficient (Wildman–Crippen LogP) is 2.97. The molecule has 0 saturated carbocycles. The minimum Gasteiger partial charge on any atom is -0.396 e. The van der Waals surface area contributed by atoms with Crippen molar-refractivity contribution < 1.29 is 5.11 Å². The molecule has 102 valence electrons. The third kappa shape index (κ3) is 3.82. The number of benzene rings is 1. The molecular weight excluding hydrogens is 222 g/mol. The zero-order valence-electron chi connectivity index (χ0n) is 12.4. The Balaban J connectivity index is 2.57. The molecule has 0 radical (unpaired) electrons. The molecule has 2 nitrogen and oxygen atoms in total. The van der Waals surface area contributed by atoms with Crippen LogP contribution in [0, 0.1) is 32.6 Å². The summed E-state index contributed by atoms with van der Waals surface area (Å²) in [6, 6.07) is 4.39. The van der Waals surface area contributed by atoms with Crippen LogP contribution in [0.25, 0.3) is 0 Å². The fraction of sp³-hybridized carbons (Fsp3) is 0.625. The van der Waals surface area contributed by atoms with E-state index in [9.17, 15) is 5.11 Å². The summed E-state index contributed by atoms with van der Waals surface area (Å²) in [5, 5.41) is 12.8. The Morgan fingerprint density at radius 1 is 1.11 bits per heavy atom. The summed E-state index contributed by atoms with van der Waals surface area (Å²) >= 11 is 0. The third-order valence-corrected chi connectivity index (χ3v) is 4.07. The second kappa shape index (κ2) is 6.91. The van der Waals surface area contributed by atoms with Gasteiger partial charge in [-0.15, -0.1) is 0 Å². The highest BCUT2D eigenvalue weighted by molar-refractivity contribution is 5.38. The summed E-state index contributed by atoms with van der Waals surface area (Å²) in [6.45, 7) is 12.9. The van der Waals surface area contributed by atoms with E-state index in [4.69, 9.17) is 0 Å². The minimum absolute atomic E-state index is 0.260. The largest absolute Gasteiger partial charge is 0.396 e. The summed E-state index contributed by atoms with van der Waals surface area (Å²) in [5.41, 5.74) is 5.48. The molecule has 18 heavy (non-hydrogen) atoms. The van der Waals surface area contributed by atoms with Gasteiger partial charge in [0.2, 0.25) is 0 Å². The van der Waals surface area contributed by atoms with Crippen LogP contribution in [0.4, 0.5) is 0 Å². The van der Waals surface area contributed by atoms with E-state index in [1.54, 1.807) is 0 Å². The first-order valence-corrected chi connectivity index (χ1v) is 6.84. The van der Waals surface area contributed by atoms with Crippen LogP contribution < -0.4 is 5.32 Å². The van der Waals surface area contributed by atoms with Gasteiger partial charge in [0.1, 0.15) is 0 Å². The molecule has 0 saturated heterocycles. The van der Waals surface area contributed by atoms with E-state index in [-0.39, 0.29) is 6.61 Å². The van der Waals surface area contributed by atoms with Gasteiger partial charge >= 0.3 is 0 Å². The highest BCUT2D eigenvalue weighted by Gasteiger charge is 2.11. The molecule has 0 amide bonds. The smallest absolute Gasteiger partial charge is 0.0473 e. The lowest BCUT2D eigenvalue weighted by atomic mass is 9.96. The van der Waals surface area contributed by atoms with Crippen molar-refractivity contribution in [2.24, 2.45) is 11.8 Å². The lowest BCUT2D eigenvalue weighted by Crippen LogP contribution is -2.28.